The lowest BCUT2D eigenvalue weighted by Gasteiger charge is -2.33. The maximum atomic E-state index is 13.9. The number of hydrogen-bond donors (Lipinski definition) is 2. The molecular weight excluding hydrogens is 385 g/mol. The summed E-state index contributed by atoms with van der Waals surface area (Å²) in [6, 6.07) is 4.81. The molecule has 2 aromatic rings. The largest absolute Gasteiger partial charge is 0.493 e. The van der Waals surface area contributed by atoms with E-state index in [1.165, 1.54) is 14.2 Å². The van der Waals surface area contributed by atoms with Crippen LogP contribution in [0.3, 0.4) is 0 Å². The summed E-state index contributed by atoms with van der Waals surface area (Å²) in [6.07, 6.45) is -2.76. The predicted molar refractivity (Wildman–Crippen MR) is 103 cm³/mol. The third-order valence-corrected chi connectivity index (χ3v) is 5.78. The molecule has 2 unspecified atom stereocenters. The zero-order chi connectivity index (χ0) is 20.6. The molecule has 9 heteroatoms. The van der Waals surface area contributed by atoms with Crippen LogP contribution in [-0.4, -0.2) is 43.3 Å². The zero-order valence-corrected chi connectivity index (χ0v) is 16.4. The minimum atomic E-state index is -4.39. The van der Waals surface area contributed by atoms with Gasteiger partial charge in [0.2, 0.25) is 0 Å². The van der Waals surface area contributed by atoms with E-state index in [9.17, 15) is 13.2 Å². The Morgan fingerprint density at radius 3 is 2.45 bits per heavy atom. The van der Waals surface area contributed by atoms with Crippen LogP contribution >= 0.6 is 0 Å². The Bertz CT molecular complexity index is 862. The van der Waals surface area contributed by atoms with Crippen molar-refractivity contribution >= 4 is 5.82 Å². The maximum Gasteiger partial charge on any atom is 0.410 e. The number of rotatable bonds is 4. The van der Waals surface area contributed by atoms with Gasteiger partial charge in [0.25, 0.3) is 0 Å². The molecule has 1 fully saturated rings. The highest BCUT2D eigenvalue weighted by atomic mass is 19.4. The average molecular weight is 410 g/mol. The Kier molecular flexibility index (Phi) is 5.33. The van der Waals surface area contributed by atoms with Crippen molar-refractivity contribution in [2.24, 2.45) is 0 Å². The predicted octanol–water partition coefficient (Wildman–Crippen LogP) is 4.03. The molecule has 1 aromatic heterocycles. The molecule has 1 aromatic carbocycles. The second kappa shape index (κ2) is 7.78. The highest BCUT2D eigenvalue weighted by molar-refractivity contribution is 5.48. The lowest BCUT2D eigenvalue weighted by atomic mass is 9.94. The summed E-state index contributed by atoms with van der Waals surface area (Å²) in [5.41, 5.74) is 1.45. The Hall–Kier alpha value is -2.42. The van der Waals surface area contributed by atoms with Crippen LogP contribution in [0.25, 0.3) is 0 Å². The van der Waals surface area contributed by atoms with Gasteiger partial charge in [-0.1, -0.05) is 6.07 Å². The van der Waals surface area contributed by atoms with Crippen molar-refractivity contribution in [3.05, 3.63) is 35.5 Å². The van der Waals surface area contributed by atoms with E-state index >= 15 is 0 Å². The van der Waals surface area contributed by atoms with Crippen molar-refractivity contribution in [2.75, 3.05) is 32.6 Å². The van der Waals surface area contributed by atoms with Crippen molar-refractivity contribution in [3.63, 3.8) is 0 Å². The summed E-state index contributed by atoms with van der Waals surface area (Å²) in [6.45, 7) is 1.72. The van der Waals surface area contributed by atoms with Gasteiger partial charge in [-0.25, -0.2) is 4.68 Å². The normalized spacial score (nSPS) is 22.7. The molecule has 1 saturated heterocycles. The topological polar surface area (TPSA) is 60.3 Å². The molecule has 158 valence electrons. The maximum absolute atomic E-state index is 13.9. The summed E-state index contributed by atoms with van der Waals surface area (Å²) in [4.78, 5) is 0. The molecule has 0 amide bonds. The number of anilines is 1. The standard InChI is InChI=1S/C20H25F3N4O2/c1-28-16-4-3-13(9-17(16)29-2)14-10-18(20(21,22)23)27-19(25-14)11-15(26-27)12-5-7-24-8-6-12/h3-4,9,11-12,14,18,24-25H,5-8,10H2,1-2H3. The first-order chi connectivity index (χ1) is 13.9. The molecule has 0 spiro atoms. The van der Waals surface area contributed by atoms with E-state index in [1.54, 1.807) is 24.3 Å². The number of methoxy groups -OCH3 is 2. The van der Waals surface area contributed by atoms with E-state index < -0.39 is 18.3 Å². The van der Waals surface area contributed by atoms with Crippen LogP contribution < -0.4 is 20.1 Å². The molecule has 6 nitrogen and oxygen atoms in total. The van der Waals surface area contributed by atoms with E-state index in [0.717, 1.165) is 36.3 Å². The molecule has 29 heavy (non-hydrogen) atoms. The van der Waals surface area contributed by atoms with Gasteiger partial charge >= 0.3 is 6.18 Å². The second-order valence-corrected chi connectivity index (χ2v) is 7.53. The Balaban J connectivity index is 1.68. The highest BCUT2D eigenvalue weighted by Crippen LogP contribution is 2.45. The molecule has 0 aliphatic carbocycles. The lowest BCUT2D eigenvalue weighted by molar-refractivity contribution is -0.173. The van der Waals surface area contributed by atoms with Gasteiger partial charge in [0, 0.05) is 18.4 Å². The van der Waals surface area contributed by atoms with Crippen LogP contribution in [0.2, 0.25) is 0 Å². The number of ether oxygens (including phenoxy) is 2. The van der Waals surface area contributed by atoms with Gasteiger partial charge in [0.15, 0.2) is 17.5 Å². The molecule has 2 atom stereocenters. The number of piperidine rings is 1. The summed E-state index contributed by atoms with van der Waals surface area (Å²) < 4.78 is 53.3. The lowest BCUT2D eigenvalue weighted by Crippen LogP contribution is -2.35. The monoisotopic (exact) mass is 410 g/mol. The Morgan fingerprint density at radius 2 is 1.79 bits per heavy atom. The Morgan fingerprint density at radius 1 is 1.07 bits per heavy atom. The number of aromatic nitrogens is 2. The van der Waals surface area contributed by atoms with Gasteiger partial charge in [-0.3, -0.25) is 0 Å². The first-order valence-corrected chi connectivity index (χ1v) is 9.76. The molecule has 0 radical (unpaired) electrons. The third-order valence-electron chi connectivity index (χ3n) is 5.78. The van der Waals surface area contributed by atoms with Crippen molar-refractivity contribution in [2.45, 2.75) is 43.4 Å². The van der Waals surface area contributed by atoms with Gasteiger partial charge in [-0.15, -0.1) is 0 Å². The van der Waals surface area contributed by atoms with Gasteiger partial charge in [-0.05, 0) is 43.6 Å². The highest BCUT2D eigenvalue weighted by Gasteiger charge is 2.47. The van der Waals surface area contributed by atoms with Crippen LogP contribution in [-0.2, 0) is 0 Å². The zero-order valence-electron chi connectivity index (χ0n) is 16.4. The van der Waals surface area contributed by atoms with Crippen LogP contribution in [0.4, 0.5) is 19.0 Å². The molecule has 2 N–H and O–H groups in total. The molecule has 2 aliphatic heterocycles. The number of halogens is 3. The summed E-state index contributed by atoms with van der Waals surface area (Å²) in [5.74, 6) is 1.62. The quantitative estimate of drug-likeness (QED) is 0.797. The van der Waals surface area contributed by atoms with E-state index in [2.05, 4.69) is 15.7 Å². The molecule has 0 saturated carbocycles. The molecule has 3 heterocycles. The number of benzene rings is 1. The van der Waals surface area contributed by atoms with Crippen molar-refractivity contribution in [1.82, 2.24) is 15.1 Å². The van der Waals surface area contributed by atoms with Crippen LogP contribution in [0.5, 0.6) is 11.5 Å². The number of nitrogens with zero attached hydrogens (tertiary/aromatic N) is 2. The fraction of sp³-hybridized carbons (Fsp3) is 0.550. The van der Waals surface area contributed by atoms with E-state index in [1.807, 2.05) is 0 Å². The smallest absolute Gasteiger partial charge is 0.410 e. The van der Waals surface area contributed by atoms with Crippen molar-refractivity contribution in [1.29, 1.82) is 0 Å². The molecule has 4 rings (SSSR count). The van der Waals surface area contributed by atoms with Gasteiger partial charge < -0.3 is 20.1 Å². The van der Waals surface area contributed by atoms with Gasteiger partial charge in [0.05, 0.1) is 26.0 Å². The minimum absolute atomic E-state index is 0.140. The van der Waals surface area contributed by atoms with E-state index in [4.69, 9.17) is 9.47 Å². The third kappa shape index (κ3) is 3.88. The van der Waals surface area contributed by atoms with Gasteiger partial charge in [0.1, 0.15) is 5.82 Å². The first-order valence-electron chi connectivity index (χ1n) is 9.76. The second-order valence-electron chi connectivity index (χ2n) is 7.53. The fourth-order valence-electron chi connectivity index (χ4n) is 4.20. The van der Waals surface area contributed by atoms with Crippen molar-refractivity contribution < 1.29 is 22.6 Å². The number of hydrogen-bond acceptors (Lipinski definition) is 5. The Labute approximate surface area is 167 Å². The molecule has 2 aliphatic rings. The van der Waals surface area contributed by atoms with Crippen LogP contribution in [0.1, 0.15) is 48.5 Å². The molecular formula is C20H25F3N4O2. The minimum Gasteiger partial charge on any atom is -0.493 e. The van der Waals surface area contributed by atoms with E-state index in [0.29, 0.717) is 22.9 Å². The molecule has 0 bridgehead atoms. The fourth-order valence-corrected chi connectivity index (χ4v) is 4.20. The summed E-state index contributed by atoms with van der Waals surface area (Å²) >= 11 is 0. The van der Waals surface area contributed by atoms with Gasteiger partial charge in [-0.2, -0.15) is 18.3 Å². The van der Waals surface area contributed by atoms with E-state index in [-0.39, 0.29) is 12.3 Å². The number of fused-ring (bicyclic) bond motifs is 1. The summed E-state index contributed by atoms with van der Waals surface area (Å²) in [7, 11) is 3.03. The average Bonchev–Trinajstić information content (AvgIpc) is 3.16. The SMILES string of the molecule is COc1ccc(C2CC(C(F)(F)F)n3nc(C4CCNCC4)cc3N2)cc1OC. The first kappa shape index (κ1) is 19.9. The van der Waals surface area contributed by atoms with Crippen LogP contribution in [0.15, 0.2) is 24.3 Å². The number of alkyl halides is 3. The van der Waals surface area contributed by atoms with Crippen molar-refractivity contribution in [3.8, 4) is 11.5 Å². The van der Waals surface area contributed by atoms with Crippen LogP contribution in [0, 0.1) is 0 Å². The summed E-state index contributed by atoms with van der Waals surface area (Å²) in [5, 5.41) is 10.9. The number of nitrogens with one attached hydrogen (secondary N) is 2.